The standard InChI is InChI=1S/C22H22ClNO2/c1-14-11-19-18(10-9-15(2)25)21(16(3)26)24(22(19)20(23)12-14)13-17-7-5-4-6-8-17/h4-8,11-12H,9-10,13H2,1-3H3. The molecule has 0 fully saturated rings. The third-order valence-corrected chi connectivity index (χ3v) is 4.89. The van der Waals surface area contributed by atoms with E-state index in [-0.39, 0.29) is 11.6 Å². The molecule has 26 heavy (non-hydrogen) atoms. The van der Waals surface area contributed by atoms with Gasteiger partial charge in [0.1, 0.15) is 5.78 Å². The summed E-state index contributed by atoms with van der Waals surface area (Å²) in [5.74, 6) is 0.103. The summed E-state index contributed by atoms with van der Waals surface area (Å²) in [6.07, 6.45) is 0.957. The zero-order valence-electron chi connectivity index (χ0n) is 15.3. The second kappa shape index (κ2) is 7.46. The molecule has 0 spiro atoms. The van der Waals surface area contributed by atoms with Crippen molar-refractivity contribution in [3.05, 3.63) is 69.9 Å². The summed E-state index contributed by atoms with van der Waals surface area (Å²) >= 11 is 6.59. The molecule has 3 nitrogen and oxygen atoms in total. The van der Waals surface area contributed by atoms with Crippen molar-refractivity contribution in [3.63, 3.8) is 0 Å². The van der Waals surface area contributed by atoms with Crippen LogP contribution in [0.3, 0.4) is 0 Å². The van der Waals surface area contributed by atoms with Gasteiger partial charge in [0.15, 0.2) is 5.78 Å². The fourth-order valence-electron chi connectivity index (χ4n) is 3.52. The van der Waals surface area contributed by atoms with Crippen LogP contribution >= 0.6 is 11.6 Å². The number of benzene rings is 2. The van der Waals surface area contributed by atoms with Crippen LogP contribution in [0.5, 0.6) is 0 Å². The van der Waals surface area contributed by atoms with Gasteiger partial charge < -0.3 is 9.36 Å². The van der Waals surface area contributed by atoms with Crippen molar-refractivity contribution >= 4 is 34.1 Å². The van der Waals surface area contributed by atoms with Crippen LogP contribution in [-0.4, -0.2) is 16.1 Å². The van der Waals surface area contributed by atoms with E-state index in [1.165, 1.54) is 0 Å². The first-order chi connectivity index (χ1) is 12.4. The molecular formula is C22H22ClNO2. The number of fused-ring (bicyclic) bond motifs is 1. The average molecular weight is 368 g/mol. The minimum absolute atomic E-state index is 0.00981. The first-order valence-electron chi connectivity index (χ1n) is 8.74. The van der Waals surface area contributed by atoms with Crippen molar-refractivity contribution in [3.8, 4) is 0 Å². The van der Waals surface area contributed by atoms with Crippen LogP contribution in [0.1, 0.15) is 47.4 Å². The molecule has 0 atom stereocenters. The molecular weight excluding hydrogens is 346 g/mol. The Balaban J connectivity index is 2.28. The molecule has 0 unspecified atom stereocenters. The molecule has 4 heteroatoms. The molecule has 0 aliphatic heterocycles. The topological polar surface area (TPSA) is 39.1 Å². The predicted octanol–water partition coefficient (Wildman–Crippen LogP) is 5.38. The number of aryl methyl sites for hydroxylation is 2. The summed E-state index contributed by atoms with van der Waals surface area (Å²) in [7, 11) is 0. The normalized spacial score (nSPS) is 11.1. The zero-order valence-corrected chi connectivity index (χ0v) is 16.1. The van der Waals surface area contributed by atoms with Crippen LogP contribution in [0.15, 0.2) is 42.5 Å². The second-order valence-electron chi connectivity index (χ2n) is 6.80. The van der Waals surface area contributed by atoms with E-state index < -0.39 is 0 Å². The van der Waals surface area contributed by atoms with E-state index >= 15 is 0 Å². The van der Waals surface area contributed by atoms with Gasteiger partial charge in [-0.3, -0.25) is 4.79 Å². The molecule has 0 saturated heterocycles. The van der Waals surface area contributed by atoms with Crippen molar-refractivity contribution < 1.29 is 9.59 Å². The van der Waals surface area contributed by atoms with Gasteiger partial charge in [0.05, 0.1) is 16.2 Å². The monoisotopic (exact) mass is 367 g/mol. The van der Waals surface area contributed by atoms with Gasteiger partial charge in [-0.25, -0.2) is 0 Å². The highest BCUT2D eigenvalue weighted by Gasteiger charge is 2.22. The Morgan fingerprint density at radius 1 is 1.08 bits per heavy atom. The highest BCUT2D eigenvalue weighted by atomic mass is 35.5. The molecule has 0 N–H and O–H groups in total. The maximum Gasteiger partial charge on any atom is 0.176 e. The lowest BCUT2D eigenvalue weighted by Crippen LogP contribution is -2.10. The Morgan fingerprint density at radius 2 is 1.77 bits per heavy atom. The number of carbonyl (C=O) groups is 2. The number of hydrogen-bond donors (Lipinski definition) is 0. The number of aromatic nitrogens is 1. The quantitative estimate of drug-likeness (QED) is 0.549. The second-order valence-corrected chi connectivity index (χ2v) is 7.21. The maximum atomic E-state index is 12.5. The van der Waals surface area contributed by atoms with Crippen molar-refractivity contribution in [1.82, 2.24) is 4.57 Å². The van der Waals surface area contributed by atoms with E-state index in [4.69, 9.17) is 11.6 Å². The summed E-state index contributed by atoms with van der Waals surface area (Å²) in [6, 6.07) is 14.0. The zero-order chi connectivity index (χ0) is 18.8. The van der Waals surface area contributed by atoms with Gasteiger partial charge in [-0.05, 0) is 49.1 Å². The molecule has 0 amide bonds. The van der Waals surface area contributed by atoms with E-state index in [1.54, 1.807) is 13.8 Å². The third-order valence-electron chi connectivity index (χ3n) is 4.60. The van der Waals surface area contributed by atoms with Crippen LogP contribution in [0.25, 0.3) is 10.9 Å². The highest BCUT2D eigenvalue weighted by molar-refractivity contribution is 6.35. The lowest BCUT2D eigenvalue weighted by atomic mass is 10.0. The predicted molar refractivity (Wildman–Crippen MR) is 106 cm³/mol. The van der Waals surface area contributed by atoms with Gasteiger partial charge in [0, 0.05) is 25.3 Å². The molecule has 0 saturated carbocycles. The Hall–Kier alpha value is -2.39. The molecule has 0 radical (unpaired) electrons. The van der Waals surface area contributed by atoms with Crippen LogP contribution in [0.4, 0.5) is 0 Å². The summed E-state index contributed by atoms with van der Waals surface area (Å²) in [5.41, 5.74) is 4.58. The first kappa shape index (κ1) is 18.4. The van der Waals surface area contributed by atoms with Crippen molar-refractivity contribution in [2.75, 3.05) is 0 Å². The number of ketones is 2. The average Bonchev–Trinajstić information content (AvgIpc) is 2.87. The Bertz CT molecular complexity index is 987. The minimum atomic E-state index is -0.00981. The van der Waals surface area contributed by atoms with E-state index in [2.05, 4.69) is 6.07 Å². The Labute approximate surface area is 158 Å². The number of halogens is 1. The van der Waals surface area contributed by atoms with Crippen LogP contribution in [-0.2, 0) is 17.8 Å². The van der Waals surface area contributed by atoms with Gasteiger partial charge in [0.25, 0.3) is 0 Å². The fraction of sp³-hybridized carbons (Fsp3) is 0.273. The summed E-state index contributed by atoms with van der Waals surface area (Å²) in [6.45, 7) is 5.71. The lowest BCUT2D eigenvalue weighted by Gasteiger charge is -2.11. The Kier molecular flexibility index (Phi) is 5.28. The molecule has 0 bridgehead atoms. The minimum Gasteiger partial charge on any atom is -0.332 e. The molecule has 134 valence electrons. The van der Waals surface area contributed by atoms with E-state index in [9.17, 15) is 9.59 Å². The summed E-state index contributed by atoms with van der Waals surface area (Å²) in [4.78, 5) is 24.1. The first-order valence-corrected chi connectivity index (χ1v) is 9.11. The Morgan fingerprint density at radius 3 is 2.38 bits per heavy atom. The van der Waals surface area contributed by atoms with Crippen molar-refractivity contribution in [2.24, 2.45) is 0 Å². The van der Waals surface area contributed by atoms with Gasteiger partial charge in [-0.2, -0.15) is 0 Å². The number of rotatable bonds is 6. The molecule has 3 rings (SSSR count). The number of hydrogen-bond acceptors (Lipinski definition) is 2. The fourth-order valence-corrected chi connectivity index (χ4v) is 3.90. The molecule has 0 aliphatic rings. The van der Waals surface area contributed by atoms with E-state index in [0.29, 0.717) is 30.1 Å². The summed E-state index contributed by atoms with van der Waals surface area (Å²) in [5, 5.41) is 1.60. The molecule has 1 heterocycles. The van der Waals surface area contributed by atoms with Gasteiger partial charge in [0.2, 0.25) is 0 Å². The lowest BCUT2D eigenvalue weighted by molar-refractivity contribution is -0.116. The van der Waals surface area contributed by atoms with Gasteiger partial charge >= 0.3 is 0 Å². The molecule has 1 aromatic heterocycles. The van der Waals surface area contributed by atoms with Crippen LogP contribution < -0.4 is 0 Å². The van der Waals surface area contributed by atoms with E-state index in [1.807, 2.05) is 47.9 Å². The number of Topliss-reactive ketones (excluding diaryl/α,β-unsaturated/α-hetero) is 2. The van der Waals surface area contributed by atoms with Gasteiger partial charge in [-0.15, -0.1) is 0 Å². The van der Waals surface area contributed by atoms with E-state index in [0.717, 1.165) is 27.6 Å². The smallest absolute Gasteiger partial charge is 0.176 e. The maximum absolute atomic E-state index is 12.5. The largest absolute Gasteiger partial charge is 0.332 e. The molecule has 0 aliphatic carbocycles. The number of nitrogens with zero attached hydrogens (tertiary/aromatic N) is 1. The van der Waals surface area contributed by atoms with Crippen molar-refractivity contribution in [1.29, 1.82) is 0 Å². The SMILES string of the molecule is CC(=O)CCc1c(C(C)=O)n(Cc2ccccc2)c2c(Cl)cc(C)cc12. The van der Waals surface area contributed by atoms with Gasteiger partial charge in [-0.1, -0.05) is 41.9 Å². The molecule has 3 aromatic rings. The highest BCUT2D eigenvalue weighted by Crippen LogP contribution is 2.34. The van der Waals surface area contributed by atoms with Crippen LogP contribution in [0.2, 0.25) is 5.02 Å². The van der Waals surface area contributed by atoms with Crippen molar-refractivity contribution in [2.45, 2.75) is 40.2 Å². The van der Waals surface area contributed by atoms with Crippen LogP contribution in [0, 0.1) is 6.92 Å². The number of carbonyl (C=O) groups excluding carboxylic acids is 2. The summed E-state index contributed by atoms with van der Waals surface area (Å²) < 4.78 is 2.00. The molecule has 2 aromatic carbocycles. The third kappa shape index (κ3) is 3.58.